The van der Waals surface area contributed by atoms with Crippen LogP contribution in [0.4, 0.5) is 4.39 Å². The van der Waals surface area contributed by atoms with Crippen LogP contribution in [0, 0.1) is 5.82 Å². The van der Waals surface area contributed by atoms with Crippen LogP contribution in [0.5, 0.6) is 0 Å². The van der Waals surface area contributed by atoms with Crippen molar-refractivity contribution in [2.24, 2.45) is 5.73 Å². The molecule has 1 aliphatic carbocycles. The van der Waals surface area contributed by atoms with E-state index in [2.05, 4.69) is 5.16 Å². The molecule has 1 aliphatic rings. The largest absolute Gasteiger partial charge is 0.356 e. The Bertz CT molecular complexity index is 533. The predicted molar refractivity (Wildman–Crippen MR) is 52.6 cm³/mol. The molecular weight excluding hydrogens is 195 g/mol. The highest BCUT2D eigenvalue weighted by Gasteiger charge is 2.26. The second-order valence-corrected chi connectivity index (χ2v) is 3.62. The van der Waals surface area contributed by atoms with E-state index in [9.17, 15) is 4.39 Å². The molecule has 0 radical (unpaired) electrons. The van der Waals surface area contributed by atoms with Gasteiger partial charge >= 0.3 is 0 Å². The summed E-state index contributed by atoms with van der Waals surface area (Å²) < 4.78 is 18.2. The van der Waals surface area contributed by atoms with Gasteiger partial charge in [-0.2, -0.15) is 0 Å². The Hall–Kier alpha value is -1.68. The van der Waals surface area contributed by atoms with Gasteiger partial charge in [-0.1, -0.05) is 5.16 Å². The lowest BCUT2D eigenvalue weighted by atomic mass is 10.1. The van der Waals surface area contributed by atoms with Gasteiger partial charge < -0.3 is 10.3 Å². The summed E-state index contributed by atoms with van der Waals surface area (Å²) in [7, 11) is 0. The predicted octanol–water partition coefficient (Wildman–Crippen LogP) is 1.84. The number of aromatic nitrogens is 1. The van der Waals surface area contributed by atoms with Crippen molar-refractivity contribution >= 4 is 0 Å². The topological polar surface area (TPSA) is 52.0 Å². The molecule has 0 unspecified atom stereocenters. The zero-order valence-electron chi connectivity index (χ0n) is 7.96. The van der Waals surface area contributed by atoms with E-state index < -0.39 is 0 Å². The van der Waals surface area contributed by atoms with Gasteiger partial charge in [-0.25, -0.2) is 4.39 Å². The zero-order chi connectivity index (χ0) is 10.4. The van der Waals surface area contributed by atoms with Gasteiger partial charge in [-0.3, -0.25) is 0 Å². The number of nitrogens with two attached hydrogens (primary N) is 1. The first kappa shape index (κ1) is 8.61. The summed E-state index contributed by atoms with van der Waals surface area (Å²) in [6.07, 6.45) is 0.665. The average Bonchev–Trinajstić information content (AvgIpc) is 2.74. The third-order valence-corrected chi connectivity index (χ3v) is 2.74. The van der Waals surface area contributed by atoms with Gasteiger partial charge in [0.1, 0.15) is 11.5 Å². The SMILES string of the molecule is NCc1noc2c1Cc1cc(F)ccc1-2. The van der Waals surface area contributed by atoms with E-state index in [1.807, 2.05) is 0 Å². The van der Waals surface area contributed by atoms with Gasteiger partial charge in [0.2, 0.25) is 0 Å². The molecule has 4 heteroatoms. The Kier molecular flexibility index (Phi) is 1.67. The minimum Gasteiger partial charge on any atom is -0.356 e. The summed E-state index contributed by atoms with van der Waals surface area (Å²) in [6.45, 7) is 0.356. The van der Waals surface area contributed by atoms with Crippen LogP contribution in [-0.4, -0.2) is 5.16 Å². The second-order valence-electron chi connectivity index (χ2n) is 3.62. The Balaban J connectivity index is 2.20. The molecule has 3 rings (SSSR count). The summed E-state index contributed by atoms with van der Waals surface area (Å²) in [5, 5.41) is 3.88. The molecule has 1 aromatic carbocycles. The molecule has 0 atom stereocenters. The highest BCUT2D eigenvalue weighted by Crippen LogP contribution is 2.38. The van der Waals surface area contributed by atoms with Gasteiger partial charge in [0, 0.05) is 24.1 Å². The van der Waals surface area contributed by atoms with Crippen molar-refractivity contribution in [1.29, 1.82) is 0 Å². The molecule has 1 heterocycles. The monoisotopic (exact) mass is 204 g/mol. The van der Waals surface area contributed by atoms with Crippen molar-refractivity contribution < 1.29 is 8.91 Å². The normalized spacial score (nSPS) is 12.7. The van der Waals surface area contributed by atoms with Crippen molar-refractivity contribution in [3.05, 3.63) is 40.8 Å². The number of benzene rings is 1. The molecular formula is C11H9FN2O. The van der Waals surface area contributed by atoms with E-state index in [4.69, 9.17) is 10.3 Å². The molecule has 0 amide bonds. The van der Waals surface area contributed by atoms with Gasteiger partial charge in [-0.05, 0) is 23.8 Å². The number of fused-ring (bicyclic) bond motifs is 3. The number of hydrogen-bond acceptors (Lipinski definition) is 3. The lowest BCUT2D eigenvalue weighted by molar-refractivity contribution is 0.424. The fourth-order valence-electron chi connectivity index (χ4n) is 2.02. The molecule has 0 bridgehead atoms. The van der Waals surface area contributed by atoms with Crippen LogP contribution in [0.3, 0.4) is 0 Å². The number of rotatable bonds is 1. The molecule has 0 saturated carbocycles. The average molecular weight is 204 g/mol. The van der Waals surface area contributed by atoms with E-state index in [1.165, 1.54) is 12.1 Å². The van der Waals surface area contributed by atoms with Crippen molar-refractivity contribution in [2.75, 3.05) is 0 Å². The Labute approximate surface area is 85.7 Å². The van der Waals surface area contributed by atoms with E-state index >= 15 is 0 Å². The molecule has 0 aliphatic heterocycles. The molecule has 0 fully saturated rings. The first-order valence-electron chi connectivity index (χ1n) is 4.76. The summed E-state index contributed by atoms with van der Waals surface area (Å²) >= 11 is 0. The maximum atomic E-state index is 13.0. The molecule has 3 nitrogen and oxygen atoms in total. The fourth-order valence-corrected chi connectivity index (χ4v) is 2.02. The molecule has 2 N–H and O–H groups in total. The lowest BCUT2D eigenvalue weighted by Crippen LogP contribution is -1.99. The van der Waals surface area contributed by atoms with Crippen LogP contribution in [0.25, 0.3) is 11.3 Å². The van der Waals surface area contributed by atoms with Crippen LogP contribution < -0.4 is 5.73 Å². The second kappa shape index (κ2) is 2.90. The fraction of sp³-hybridized carbons (Fsp3) is 0.182. The first-order valence-corrected chi connectivity index (χ1v) is 4.76. The van der Waals surface area contributed by atoms with Gasteiger partial charge in [0.25, 0.3) is 0 Å². The van der Waals surface area contributed by atoms with Crippen LogP contribution in [0.1, 0.15) is 16.8 Å². The van der Waals surface area contributed by atoms with Crippen molar-refractivity contribution in [1.82, 2.24) is 5.16 Å². The van der Waals surface area contributed by atoms with E-state index in [0.29, 0.717) is 13.0 Å². The van der Waals surface area contributed by atoms with E-state index in [1.54, 1.807) is 6.07 Å². The minimum absolute atomic E-state index is 0.221. The maximum Gasteiger partial charge on any atom is 0.170 e. The van der Waals surface area contributed by atoms with Crippen LogP contribution in [0.2, 0.25) is 0 Å². The molecule has 76 valence electrons. The standard InChI is InChI=1S/C11H9FN2O/c12-7-1-2-8-6(3-7)4-9-10(5-13)14-15-11(8)9/h1-3H,4-5,13H2. The highest BCUT2D eigenvalue weighted by molar-refractivity contribution is 5.72. The molecule has 1 aromatic heterocycles. The first-order chi connectivity index (χ1) is 7.29. The third-order valence-electron chi connectivity index (χ3n) is 2.74. The number of hydrogen-bond donors (Lipinski definition) is 1. The lowest BCUT2D eigenvalue weighted by Gasteiger charge is -1.97. The third kappa shape index (κ3) is 1.11. The van der Waals surface area contributed by atoms with Gasteiger partial charge in [0.05, 0.1) is 0 Å². The Morgan fingerprint density at radius 1 is 1.47 bits per heavy atom. The van der Waals surface area contributed by atoms with Crippen LogP contribution in [-0.2, 0) is 13.0 Å². The summed E-state index contributed by atoms with van der Waals surface area (Å²) in [4.78, 5) is 0. The Morgan fingerprint density at radius 2 is 2.33 bits per heavy atom. The van der Waals surface area contributed by atoms with Gasteiger partial charge in [-0.15, -0.1) is 0 Å². The molecule has 15 heavy (non-hydrogen) atoms. The maximum absolute atomic E-state index is 13.0. The zero-order valence-corrected chi connectivity index (χ0v) is 7.96. The van der Waals surface area contributed by atoms with E-state index in [0.717, 1.165) is 28.1 Å². The number of halogens is 1. The minimum atomic E-state index is -0.221. The summed E-state index contributed by atoms with van der Waals surface area (Å²) in [5.41, 5.74) is 9.17. The molecule has 0 saturated heterocycles. The smallest absolute Gasteiger partial charge is 0.170 e. The molecule has 2 aromatic rings. The highest BCUT2D eigenvalue weighted by atomic mass is 19.1. The van der Waals surface area contributed by atoms with Crippen molar-refractivity contribution in [3.63, 3.8) is 0 Å². The van der Waals surface area contributed by atoms with Gasteiger partial charge in [0.15, 0.2) is 5.76 Å². The van der Waals surface area contributed by atoms with Crippen molar-refractivity contribution in [2.45, 2.75) is 13.0 Å². The Morgan fingerprint density at radius 3 is 3.13 bits per heavy atom. The van der Waals surface area contributed by atoms with Crippen LogP contribution >= 0.6 is 0 Å². The number of nitrogens with zero attached hydrogens (tertiary/aromatic N) is 1. The summed E-state index contributed by atoms with van der Waals surface area (Å²) in [5.74, 6) is 0.520. The van der Waals surface area contributed by atoms with E-state index in [-0.39, 0.29) is 5.82 Å². The quantitative estimate of drug-likeness (QED) is 0.658. The molecule has 0 spiro atoms. The van der Waals surface area contributed by atoms with Crippen LogP contribution in [0.15, 0.2) is 22.7 Å². The summed E-state index contributed by atoms with van der Waals surface area (Å²) in [6, 6.07) is 4.69. The van der Waals surface area contributed by atoms with Crippen molar-refractivity contribution in [3.8, 4) is 11.3 Å².